The predicted molar refractivity (Wildman–Crippen MR) is 79.7 cm³/mol. The van der Waals surface area contributed by atoms with Crippen molar-refractivity contribution >= 4 is 21.4 Å². The van der Waals surface area contributed by atoms with Crippen LogP contribution in [0, 0.1) is 5.41 Å². The van der Waals surface area contributed by atoms with Crippen molar-refractivity contribution in [1.29, 1.82) is 0 Å². The van der Waals surface area contributed by atoms with E-state index in [-0.39, 0.29) is 10.3 Å². The van der Waals surface area contributed by atoms with Crippen LogP contribution in [-0.2, 0) is 10.0 Å². The smallest absolute Gasteiger partial charge is 0.240 e. The molecule has 19 heavy (non-hydrogen) atoms. The molecule has 0 heterocycles. The lowest BCUT2D eigenvalue weighted by Crippen LogP contribution is -2.23. The van der Waals surface area contributed by atoms with Crippen LogP contribution in [0.1, 0.15) is 27.2 Å². The average molecular weight is 285 g/mol. The molecule has 0 aliphatic rings. The molecule has 0 fully saturated rings. The molecule has 0 saturated carbocycles. The fraction of sp³-hybridized carbons (Fsp3) is 0.538. The second-order valence-corrected chi connectivity index (χ2v) is 7.21. The first-order valence-corrected chi connectivity index (χ1v) is 7.77. The summed E-state index contributed by atoms with van der Waals surface area (Å²) in [5.41, 5.74) is 7.25. The number of nitrogens with one attached hydrogen (secondary N) is 2. The first-order valence-electron chi connectivity index (χ1n) is 6.29. The van der Waals surface area contributed by atoms with Crippen molar-refractivity contribution in [3.63, 3.8) is 0 Å². The van der Waals surface area contributed by atoms with Gasteiger partial charge < -0.3 is 11.1 Å². The van der Waals surface area contributed by atoms with E-state index in [1.165, 1.54) is 13.1 Å². The maximum absolute atomic E-state index is 11.6. The van der Waals surface area contributed by atoms with E-state index in [0.29, 0.717) is 5.69 Å². The monoisotopic (exact) mass is 285 g/mol. The van der Waals surface area contributed by atoms with Crippen LogP contribution in [0.15, 0.2) is 23.1 Å². The molecule has 0 bridgehead atoms. The third-order valence-corrected chi connectivity index (χ3v) is 4.73. The zero-order valence-electron chi connectivity index (χ0n) is 11.9. The molecule has 1 aromatic rings. The van der Waals surface area contributed by atoms with Gasteiger partial charge in [0.25, 0.3) is 0 Å². The number of nitrogens with two attached hydrogens (primary N) is 1. The van der Waals surface area contributed by atoms with Gasteiger partial charge in [-0.2, -0.15) is 0 Å². The second kappa shape index (κ2) is 5.79. The molecule has 0 unspecified atom stereocenters. The van der Waals surface area contributed by atoms with Crippen molar-refractivity contribution in [2.24, 2.45) is 5.41 Å². The molecular formula is C13H23N3O2S. The lowest BCUT2D eigenvalue weighted by atomic mass is 9.90. The van der Waals surface area contributed by atoms with Gasteiger partial charge in [0, 0.05) is 6.54 Å². The van der Waals surface area contributed by atoms with Crippen LogP contribution in [0.2, 0.25) is 0 Å². The number of nitrogen functional groups attached to an aromatic ring is 1. The summed E-state index contributed by atoms with van der Waals surface area (Å²) < 4.78 is 25.5. The Balaban J connectivity index is 2.90. The lowest BCUT2D eigenvalue weighted by molar-refractivity contribution is 0.377. The van der Waals surface area contributed by atoms with Crippen LogP contribution in [0.25, 0.3) is 0 Å². The van der Waals surface area contributed by atoms with Crippen LogP contribution >= 0.6 is 0 Å². The standard InChI is InChI=1S/C13H23N3O2S/c1-5-13(2,3)9-16-12-7-6-10(8-11(12)14)19(17,18)15-4/h6-8,15-16H,5,9,14H2,1-4H3. The topological polar surface area (TPSA) is 84.2 Å². The first kappa shape index (κ1) is 15.8. The molecule has 1 aromatic carbocycles. The highest BCUT2D eigenvalue weighted by Crippen LogP contribution is 2.25. The third-order valence-electron chi connectivity index (χ3n) is 3.32. The zero-order chi connectivity index (χ0) is 14.7. The van der Waals surface area contributed by atoms with E-state index in [1.807, 2.05) is 0 Å². The van der Waals surface area contributed by atoms with E-state index < -0.39 is 10.0 Å². The molecule has 0 amide bonds. The van der Waals surface area contributed by atoms with Gasteiger partial charge in [-0.15, -0.1) is 0 Å². The molecule has 5 nitrogen and oxygen atoms in total. The average Bonchev–Trinajstić information content (AvgIpc) is 2.37. The molecule has 0 aliphatic carbocycles. The van der Waals surface area contributed by atoms with E-state index in [9.17, 15) is 8.42 Å². The molecule has 0 spiro atoms. The van der Waals surface area contributed by atoms with E-state index >= 15 is 0 Å². The molecule has 4 N–H and O–H groups in total. The van der Waals surface area contributed by atoms with E-state index in [0.717, 1.165) is 18.7 Å². The fourth-order valence-electron chi connectivity index (χ4n) is 1.45. The number of rotatable bonds is 6. The van der Waals surface area contributed by atoms with Crippen LogP contribution < -0.4 is 15.8 Å². The van der Waals surface area contributed by atoms with Gasteiger partial charge in [0.2, 0.25) is 10.0 Å². The highest BCUT2D eigenvalue weighted by molar-refractivity contribution is 7.89. The second-order valence-electron chi connectivity index (χ2n) is 5.33. The van der Waals surface area contributed by atoms with Crippen molar-refractivity contribution in [1.82, 2.24) is 4.72 Å². The maximum atomic E-state index is 11.6. The number of hydrogen-bond donors (Lipinski definition) is 3. The maximum Gasteiger partial charge on any atom is 0.240 e. The van der Waals surface area contributed by atoms with Crippen molar-refractivity contribution < 1.29 is 8.42 Å². The Labute approximate surface area is 115 Å². The highest BCUT2D eigenvalue weighted by Gasteiger charge is 2.16. The Bertz CT molecular complexity index is 539. The molecule has 1 rings (SSSR count). The zero-order valence-corrected chi connectivity index (χ0v) is 12.8. The number of hydrogen-bond acceptors (Lipinski definition) is 4. The largest absolute Gasteiger partial charge is 0.397 e. The Morgan fingerprint density at radius 3 is 2.42 bits per heavy atom. The van der Waals surface area contributed by atoms with Gasteiger partial charge >= 0.3 is 0 Å². The van der Waals surface area contributed by atoms with Crippen LogP contribution in [0.5, 0.6) is 0 Å². The van der Waals surface area contributed by atoms with Gasteiger partial charge in [0.05, 0.1) is 16.3 Å². The minimum absolute atomic E-state index is 0.169. The van der Waals surface area contributed by atoms with Gasteiger partial charge in [0.15, 0.2) is 0 Å². The Hall–Kier alpha value is -1.27. The third kappa shape index (κ3) is 4.11. The summed E-state index contributed by atoms with van der Waals surface area (Å²) in [6.45, 7) is 7.24. The van der Waals surface area contributed by atoms with Gasteiger partial charge in [-0.3, -0.25) is 0 Å². The number of sulfonamides is 1. The Kier molecular flexibility index (Phi) is 4.81. The van der Waals surface area contributed by atoms with Gasteiger partial charge in [-0.1, -0.05) is 20.8 Å². The van der Waals surface area contributed by atoms with Gasteiger partial charge in [0.1, 0.15) is 0 Å². The first-order chi connectivity index (χ1) is 8.72. The van der Waals surface area contributed by atoms with Crippen molar-refractivity contribution in [3.8, 4) is 0 Å². The summed E-state index contributed by atoms with van der Waals surface area (Å²) >= 11 is 0. The van der Waals surface area contributed by atoms with Crippen molar-refractivity contribution in [2.75, 3.05) is 24.6 Å². The summed E-state index contributed by atoms with van der Waals surface area (Å²) in [5, 5.41) is 3.26. The normalized spacial score (nSPS) is 12.4. The summed E-state index contributed by atoms with van der Waals surface area (Å²) in [6.07, 6.45) is 1.05. The molecule has 0 aliphatic heterocycles. The summed E-state index contributed by atoms with van der Waals surface area (Å²) in [7, 11) is -2.07. The molecule has 0 atom stereocenters. The lowest BCUT2D eigenvalue weighted by Gasteiger charge is -2.24. The minimum atomic E-state index is -3.44. The fourth-order valence-corrected chi connectivity index (χ4v) is 2.21. The summed E-state index contributed by atoms with van der Waals surface area (Å²) in [4.78, 5) is 0.174. The molecule has 0 aromatic heterocycles. The minimum Gasteiger partial charge on any atom is -0.397 e. The summed E-state index contributed by atoms with van der Waals surface area (Å²) in [6, 6.07) is 4.71. The molecule has 6 heteroatoms. The highest BCUT2D eigenvalue weighted by atomic mass is 32.2. The van der Waals surface area contributed by atoms with Crippen molar-refractivity contribution in [3.05, 3.63) is 18.2 Å². The number of benzene rings is 1. The van der Waals surface area contributed by atoms with Crippen molar-refractivity contribution in [2.45, 2.75) is 32.1 Å². The van der Waals surface area contributed by atoms with E-state index in [2.05, 4.69) is 30.8 Å². The van der Waals surface area contributed by atoms with E-state index in [1.54, 1.807) is 12.1 Å². The van der Waals surface area contributed by atoms with Gasteiger partial charge in [-0.25, -0.2) is 13.1 Å². The molecule has 0 radical (unpaired) electrons. The Morgan fingerprint density at radius 2 is 1.95 bits per heavy atom. The SMILES string of the molecule is CCC(C)(C)CNc1ccc(S(=O)(=O)NC)cc1N. The Morgan fingerprint density at radius 1 is 1.32 bits per heavy atom. The molecule has 108 valence electrons. The number of anilines is 2. The quantitative estimate of drug-likeness (QED) is 0.698. The van der Waals surface area contributed by atoms with E-state index in [4.69, 9.17) is 5.73 Å². The van der Waals surface area contributed by atoms with Crippen LogP contribution in [0.3, 0.4) is 0 Å². The van der Waals surface area contributed by atoms with Crippen LogP contribution in [0.4, 0.5) is 11.4 Å². The van der Waals surface area contributed by atoms with Gasteiger partial charge in [-0.05, 0) is 37.1 Å². The summed E-state index contributed by atoms with van der Waals surface area (Å²) in [5.74, 6) is 0. The molecular weight excluding hydrogens is 262 g/mol. The molecule has 0 saturated heterocycles. The predicted octanol–water partition coefficient (Wildman–Crippen LogP) is 2.02. The van der Waals surface area contributed by atoms with Crippen LogP contribution in [-0.4, -0.2) is 22.0 Å².